The van der Waals surface area contributed by atoms with Gasteiger partial charge in [-0.05, 0) is 37.1 Å². The van der Waals surface area contributed by atoms with E-state index >= 15 is 0 Å². The Morgan fingerprint density at radius 2 is 1.21 bits per heavy atom. The Kier molecular flexibility index (Phi) is 9.35. The highest BCUT2D eigenvalue weighted by Crippen LogP contribution is 2.41. The van der Waals surface area contributed by atoms with E-state index in [0.717, 1.165) is 17.7 Å². The Morgan fingerprint density at radius 3 is 1.62 bits per heavy atom. The maximum absolute atomic E-state index is 14.4. The highest BCUT2D eigenvalue weighted by molar-refractivity contribution is 6.25. The van der Waals surface area contributed by atoms with Gasteiger partial charge in [-0.2, -0.15) is 9.61 Å². The van der Waals surface area contributed by atoms with Gasteiger partial charge < -0.3 is 28.4 Å². The standard InChI is InChI=1S/C30H34N4O8/c1-8-9-10-20-17-26(34-25(32-20)11-12-31-34)33(29(35)18-13-21(37-2)27(41-6)22(14-18)38-3)30(36)19-15-23(39-4)28(42-7)24(16-19)40-5/h11-17H,8-10H2,1-7H3. The number of amides is 2. The predicted octanol–water partition coefficient (Wildman–Crippen LogP) is 4.61. The van der Waals surface area contributed by atoms with Crippen molar-refractivity contribution in [3.63, 3.8) is 0 Å². The minimum Gasteiger partial charge on any atom is -0.493 e. The predicted molar refractivity (Wildman–Crippen MR) is 155 cm³/mol. The van der Waals surface area contributed by atoms with Crippen LogP contribution in [0.4, 0.5) is 5.82 Å². The lowest BCUT2D eigenvalue weighted by Crippen LogP contribution is -2.39. The van der Waals surface area contributed by atoms with Crippen LogP contribution >= 0.6 is 0 Å². The first-order chi connectivity index (χ1) is 20.3. The van der Waals surface area contributed by atoms with Crippen molar-refractivity contribution in [3.05, 3.63) is 59.4 Å². The monoisotopic (exact) mass is 578 g/mol. The zero-order valence-electron chi connectivity index (χ0n) is 24.7. The molecule has 4 aromatic rings. The number of nitrogens with zero attached hydrogens (tertiary/aromatic N) is 4. The van der Waals surface area contributed by atoms with Crippen molar-refractivity contribution in [3.8, 4) is 34.5 Å². The summed E-state index contributed by atoms with van der Waals surface area (Å²) in [7, 11) is 8.71. The summed E-state index contributed by atoms with van der Waals surface area (Å²) >= 11 is 0. The summed E-state index contributed by atoms with van der Waals surface area (Å²) in [6.07, 6.45) is 4.02. The topological polar surface area (TPSA) is 123 Å². The average Bonchev–Trinajstić information content (AvgIpc) is 3.51. The molecule has 0 unspecified atom stereocenters. The molecule has 0 bridgehead atoms. The molecule has 0 N–H and O–H groups in total. The summed E-state index contributed by atoms with van der Waals surface area (Å²) in [6.45, 7) is 2.08. The molecule has 0 spiro atoms. The fourth-order valence-electron chi connectivity index (χ4n) is 4.56. The second kappa shape index (κ2) is 13.1. The van der Waals surface area contributed by atoms with E-state index < -0.39 is 11.8 Å². The van der Waals surface area contributed by atoms with Gasteiger partial charge in [0.15, 0.2) is 28.6 Å². The van der Waals surface area contributed by atoms with Crippen LogP contribution in [0.5, 0.6) is 34.5 Å². The van der Waals surface area contributed by atoms with Gasteiger partial charge in [-0.3, -0.25) is 9.59 Å². The molecule has 0 atom stereocenters. The first kappa shape index (κ1) is 30.0. The number of carbonyl (C=O) groups excluding carboxylic acids is 2. The van der Waals surface area contributed by atoms with Gasteiger partial charge in [-0.25, -0.2) is 9.88 Å². The second-order valence-corrected chi connectivity index (χ2v) is 9.08. The van der Waals surface area contributed by atoms with Crippen LogP contribution in [0.3, 0.4) is 0 Å². The van der Waals surface area contributed by atoms with Crippen molar-refractivity contribution >= 4 is 23.3 Å². The number of hydrogen-bond acceptors (Lipinski definition) is 10. The number of methoxy groups -OCH3 is 6. The van der Waals surface area contributed by atoms with Crippen molar-refractivity contribution in [1.29, 1.82) is 0 Å². The van der Waals surface area contributed by atoms with Gasteiger partial charge in [-0.1, -0.05) is 13.3 Å². The van der Waals surface area contributed by atoms with E-state index in [1.165, 1.54) is 71.4 Å². The molecule has 4 rings (SSSR count). The van der Waals surface area contributed by atoms with Crippen LogP contribution in [-0.4, -0.2) is 69.1 Å². The lowest BCUT2D eigenvalue weighted by molar-refractivity contribution is 0.0894. The Hall–Kier alpha value is -5.00. The number of aromatic nitrogens is 3. The number of fused-ring (bicyclic) bond motifs is 1. The summed E-state index contributed by atoms with van der Waals surface area (Å²) < 4.78 is 34.2. The van der Waals surface area contributed by atoms with Crippen molar-refractivity contribution < 1.29 is 38.0 Å². The third-order valence-corrected chi connectivity index (χ3v) is 6.64. The van der Waals surface area contributed by atoms with Crippen molar-refractivity contribution in [1.82, 2.24) is 14.6 Å². The number of ether oxygens (including phenoxy) is 6. The molecule has 0 aliphatic rings. The van der Waals surface area contributed by atoms with Crippen LogP contribution in [0.25, 0.3) is 5.65 Å². The van der Waals surface area contributed by atoms with Gasteiger partial charge >= 0.3 is 0 Å². The molecule has 2 heterocycles. The number of anilines is 1. The summed E-state index contributed by atoms with van der Waals surface area (Å²) in [5.41, 5.74) is 1.41. The molecule has 12 nitrogen and oxygen atoms in total. The van der Waals surface area contributed by atoms with Crippen LogP contribution in [0.2, 0.25) is 0 Å². The Labute approximate surface area is 243 Å². The lowest BCUT2D eigenvalue weighted by atomic mass is 10.1. The molecule has 2 aromatic heterocycles. The van der Waals surface area contributed by atoms with E-state index in [1.807, 2.05) is 0 Å². The Bertz CT molecular complexity index is 1470. The van der Waals surface area contributed by atoms with E-state index in [-0.39, 0.29) is 39.9 Å². The molecule has 0 saturated heterocycles. The molecular weight excluding hydrogens is 544 g/mol. The molecule has 2 amide bonds. The molecule has 0 saturated carbocycles. The smallest absolute Gasteiger partial charge is 0.266 e. The van der Waals surface area contributed by atoms with Crippen LogP contribution in [0, 0.1) is 0 Å². The molecule has 222 valence electrons. The SMILES string of the molecule is CCCCc1cc(N(C(=O)c2cc(OC)c(OC)c(OC)c2)C(=O)c2cc(OC)c(OC)c(OC)c2)n2nccc2n1. The summed E-state index contributed by atoms with van der Waals surface area (Å²) in [4.78, 5) is 34.6. The van der Waals surface area contributed by atoms with Crippen LogP contribution in [0.15, 0.2) is 42.6 Å². The fourth-order valence-corrected chi connectivity index (χ4v) is 4.56. The largest absolute Gasteiger partial charge is 0.493 e. The number of imide groups is 1. The normalized spacial score (nSPS) is 10.7. The maximum atomic E-state index is 14.4. The summed E-state index contributed by atoms with van der Waals surface area (Å²) in [5.74, 6) is 0.485. The third kappa shape index (κ3) is 5.60. The van der Waals surface area contributed by atoms with E-state index in [9.17, 15) is 9.59 Å². The zero-order chi connectivity index (χ0) is 30.4. The van der Waals surface area contributed by atoms with Gasteiger partial charge in [0, 0.05) is 29.0 Å². The van der Waals surface area contributed by atoms with Gasteiger partial charge in [0.05, 0.1) is 48.9 Å². The molecule has 2 aromatic carbocycles. The second-order valence-electron chi connectivity index (χ2n) is 9.08. The van der Waals surface area contributed by atoms with E-state index in [0.29, 0.717) is 29.3 Å². The van der Waals surface area contributed by atoms with Crippen molar-refractivity contribution in [2.45, 2.75) is 26.2 Å². The number of hydrogen-bond donors (Lipinski definition) is 0. The molecule has 0 aliphatic heterocycles. The Balaban J connectivity index is 1.98. The third-order valence-electron chi connectivity index (χ3n) is 6.64. The number of rotatable bonds is 12. The molecule has 0 fully saturated rings. The molecule has 0 radical (unpaired) electrons. The number of unbranched alkanes of at least 4 members (excludes halogenated alkanes) is 1. The minimum absolute atomic E-state index is 0.109. The van der Waals surface area contributed by atoms with Crippen LogP contribution in [-0.2, 0) is 6.42 Å². The van der Waals surface area contributed by atoms with Gasteiger partial charge in [0.2, 0.25) is 11.5 Å². The maximum Gasteiger partial charge on any atom is 0.266 e. The molecule has 42 heavy (non-hydrogen) atoms. The average molecular weight is 579 g/mol. The van der Waals surface area contributed by atoms with Crippen molar-refractivity contribution in [2.75, 3.05) is 47.6 Å². The molecule has 0 aliphatic carbocycles. The number of benzene rings is 2. The van der Waals surface area contributed by atoms with E-state index in [2.05, 4.69) is 17.0 Å². The highest BCUT2D eigenvalue weighted by atomic mass is 16.5. The van der Waals surface area contributed by atoms with Crippen LogP contribution in [0.1, 0.15) is 46.2 Å². The van der Waals surface area contributed by atoms with Gasteiger partial charge in [-0.15, -0.1) is 0 Å². The Morgan fingerprint density at radius 1 is 0.738 bits per heavy atom. The molecule has 12 heteroatoms. The van der Waals surface area contributed by atoms with Crippen LogP contribution < -0.4 is 33.3 Å². The van der Waals surface area contributed by atoms with Gasteiger partial charge in [0.1, 0.15) is 5.82 Å². The molecular formula is C30H34N4O8. The summed E-state index contributed by atoms with van der Waals surface area (Å²) in [5, 5.41) is 4.37. The first-order valence-corrected chi connectivity index (χ1v) is 13.2. The zero-order valence-corrected chi connectivity index (χ0v) is 24.7. The highest BCUT2D eigenvalue weighted by Gasteiger charge is 2.32. The quantitative estimate of drug-likeness (QED) is 0.220. The van der Waals surface area contributed by atoms with E-state index in [4.69, 9.17) is 28.4 Å². The summed E-state index contributed by atoms with van der Waals surface area (Å²) in [6, 6.07) is 9.35. The number of aryl methyl sites for hydroxylation is 1. The van der Waals surface area contributed by atoms with Crippen molar-refractivity contribution in [2.24, 2.45) is 0 Å². The van der Waals surface area contributed by atoms with Gasteiger partial charge in [0.25, 0.3) is 11.8 Å². The fraction of sp³-hybridized carbons (Fsp3) is 0.333. The first-order valence-electron chi connectivity index (χ1n) is 13.2. The lowest BCUT2D eigenvalue weighted by Gasteiger charge is -2.24. The van der Waals surface area contributed by atoms with E-state index in [1.54, 1.807) is 18.3 Å². The number of carbonyl (C=O) groups is 2. The minimum atomic E-state index is -0.669.